The number of hydrogen-bond acceptors (Lipinski definition) is 4. The van der Waals surface area contributed by atoms with E-state index in [1.165, 1.54) is 6.08 Å². The third-order valence-electron chi connectivity index (χ3n) is 4.99. The first kappa shape index (κ1) is 20.1. The number of morpholine rings is 1. The standard InChI is InChI=1S/C22H21ClN4O3/c1-2-21(29)27-9-10-30-13-17(27)12-20(28)24-16-6-3-14(4-7-16)22-25-18-8-5-15(23)11-19(18)26-22/h2-8,11,17H,1,9-10,12-13H2,(H,24,28)(H,25,26). The Labute approximate surface area is 178 Å². The highest BCUT2D eigenvalue weighted by Gasteiger charge is 2.27. The van der Waals surface area contributed by atoms with Crippen LogP contribution in [0.25, 0.3) is 22.4 Å². The molecule has 1 aliphatic rings. The Bertz CT molecular complexity index is 1090. The topological polar surface area (TPSA) is 87.3 Å². The van der Waals surface area contributed by atoms with Crippen LogP contribution >= 0.6 is 11.6 Å². The third-order valence-corrected chi connectivity index (χ3v) is 5.23. The highest BCUT2D eigenvalue weighted by Crippen LogP contribution is 2.24. The number of imidazole rings is 1. The molecule has 1 aliphatic heterocycles. The maximum Gasteiger partial charge on any atom is 0.246 e. The Morgan fingerprint density at radius 2 is 2.10 bits per heavy atom. The van der Waals surface area contributed by atoms with Crippen LogP contribution in [0.1, 0.15) is 6.42 Å². The van der Waals surface area contributed by atoms with Crippen LogP contribution in [-0.4, -0.2) is 52.5 Å². The van der Waals surface area contributed by atoms with Gasteiger partial charge in [-0.25, -0.2) is 4.98 Å². The van der Waals surface area contributed by atoms with Crippen molar-refractivity contribution in [3.8, 4) is 11.4 Å². The van der Waals surface area contributed by atoms with Crippen molar-refractivity contribution in [1.29, 1.82) is 0 Å². The van der Waals surface area contributed by atoms with Crippen LogP contribution in [0.15, 0.2) is 55.1 Å². The van der Waals surface area contributed by atoms with Gasteiger partial charge in [-0.3, -0.25) is 9.59 Å². The van der Waals surface area contributed by atoms with E-state index in [0.717, 1.165) is 22.4 Å². The summed E-state index contributed by atoms with van der Waals surface area (Å²) in [6, 6.07) is 12.6. The van der Waals surface area contributed by atoms with E-state index in [4.69, 9.17) is 16.3 Å². The van der Waals surface area contributed by atoms with Crippen LogP contribution in [0.5, 0.6) is 0 Å². The summed E-state index contributed by atoms with van der Waals surface area (Å²) in [6.45, 7) is 4.78. The number of carbonyl (C=O) groups is 2. The molecule has 154 valence electrons. The molecule has 2 aromatic carbocycles. The predicted octanol–water partition coefficient (Wildman–Crippen LogP) is 3.63. The zero-order chi connectivity index (χ0) is 21.1. The number of aromatic amines is 1. The van der Waals surface area contributed by atoms with Gasteiger partial charge >= 0.3 is 0 Å². The summed E-state index contributed by atoms with van der Waals surface area (Å²) < 4.78 is 5.43. The first-order chi connectivity index (χ1) is 14.5. The average Bonchev–Trinajstić information content (AvgIpc) is 3.17. The first-order valence-corrected chi connectivity index (χ1v) is 9.97. The van der Waals surface area contributed by atoms with E-state index in [-0.39, 0.29) is 24.3 Å². The van der Waals surface area contributed by atoms with Gasteiger partial charge in [-0.2, -0.15) is 0 Å². The van der Waals surface area contributed by atoms with Gasteiger partial charge < -0.3 is 19.9 Å². The van der Waals surface area contributed by atoms with E-state index in [0.29, 0.717) is 30.5 Å². The van der Waals surface area contributed by atoms with Gasteiger partial charge in [-0.1, -0.05) is 18.2 Å². The minimum atomic E-state index is -0.300. The van der Waals surface area contributed by atoms with Crippen LogP contribution in [-0.2, 0) is 14.3 Å². The maximum atomic E-state index is 12.5. The number of aromatic nitrogens is 2. The zero-order valence-electron chi connectivity index (χ0n) is 16.2. The Hall–Kier alpha value is -3.16. The Morgan fingerprint density at radius 1 is 1.30 bits per heavy atom. The van der Waals surface area contributed by atoms with Gasteiger partial charge in [0.2, 0.25) is 11.8 Å². The van der Waals surface area contributed by atoms with Crippen LogP contribution in [0.4, 0.5) is 5.69 Å². The lowest BCUT2D eigenvalue weighted by Crippen LogP contribution is -2.49. The molecular weight excluding hydrogens is 404 g/mol. The van der Waals surface area contributed by atoms with E-state index < -0.39 is 0 Å². The molecule has 0 aliphatic carbocycles. The molecule has 2 amide bonds. The number of nitrogens with zero attached hydrogens (tertiary/aromatic N) is 2. The van der Waals surface area contributed by atoms with E-state index in [1.54, 1.807) is 11.0 Å². The van der Waals surface area contributed by atoms with Gasteiger partial charge in [-0.15, -0.1) is 0 Å². The molecule has 3 aromatic rings. The number of hydrogen-bond donors (Lipinski definition) is 2. The largest absolute Gasteiger partial charge is 0.377 e. The van der Waals surface area contributed by atoms with Crippen molar-refractivity contribution in [2.45, 2.75) is 12.5 Å². The van der Waals surface area contributed by atoms with Gasteiger partial charge in [0, 0.05) is 29.2 Å². The first-order valence-electron chi connectivity index (χ1n) is 9.60. The summed E-state index contributed by atoms with van der Waals surface area (Å²) in [5.41, 5.74) is 3.26. The number of fused-ring (bicyclic) bond motifs is 1. The smallest absolute Gasteiger partial charge is 0.246 e. The van der Waals surface area contributed by atoms with Gasteiger partial charge in [-0.05, 0) is 48.5 Å². The normalized spacial score (nSPS) is 16.4. The molecule has 0 saturated carbocycles. The molecule has 1 fully saturated rings. The minimum Gasteiger partial charge on any atom is -0.377 e. The Balaban J connectivity index is 1.41. The van der Waals surface area contributed by atoms with Crippen molar-refractivity contribution in [2.75, 3.05) is 25.1 Å². The predicted molar refractivity (Wildman–Crippen MR) is 116 cm³/mol. The van der Waals surface area contributed by atoms with Gasteiger partial charge in [0.05, 0.1) is 30.3 Å². The van der Waals surface area contributed by atoms with Gasteiger partial charge in [0.25, 0.3) is 0 Å². The zero-order valence-corrected chi connectivity index (χ0v) is 17.0. The molecule has 1 atom stereocenters. The molecule has 2 N–H and O–H groups in total. The van der Waals surface area contributed by atoms with Crippen LogP contribution in [0.2, 0.25) is 5.02 Å². The Kier molecular flexibility index (Phi) is 5.83. The molecule has 30 heavy (non-hydrogen) atoms. The minimum absolute atomic E-state index is 0.158. The lowest BCUT2D eigenvalue weighted by atomic mass is 10.1. The molecule has 1 aromatic heterocycles. The van der Waals surface area contributed by atoms with Crippen LogP contribution in [0, 0.1) is 0 Å². The molecule has 4 rings (SSSR count). The number of halogens is 1. The molecule has 1 saturated heterocycles. The molecule has 7 nitrogen and oxygen atoms in total. The number of carbonyl (C=O) groups excluding carboxylic acids is 2. The second kappa shape index (κ2) is 8.69. The van der Waals surface area contributed by atoms with Crippen molar-refractivity contribution in [3.63, 3.8) is 0 Å². The lowest BCUT2D eigenvalue weighted by Gasteiger charge is -2.34. The molecule has 2 heterocycles. The van der Waals surface area contributed by atoms with Crippen molar-refractivity contribution in [2.24, 2.45) is 0 Å². The average molecular weight is 425 g/mol. The fourth-order valence-electron chi connectivity index (χ4n) is 3.49. The fraction of sp³-hybridized carbons (Fsp3) is 0.227. The second-order valence-electron chi connectivity index (χ2n) is 7.04. The van der Waals surface area contributed by atoms with E-state index in [2.05, 4.69) is 21.9 Å². The van der Waals surface area contributed by atoms with Crippen molar-refractivity contribution in [3.05, 3.63) is 60.1 Å². The second-order valence-corrected chi connectivity index (χ2v) is 7.48. The van der Waals surface area contributed by atoms with E-state index >= 15 is 0 Å². The quantitative estimate of drug-likeness (QED) is 0.612. The summed E-state index contributed by atoms with van der Waals surface area (Å²) in [5, 5.41) is 3.52. The summed E-state index contributed by atoms with van der Waals surface area (Å²) in [4.78, 5) is 33.9. The van der Waals surface area contributed by atoms with Crippen LogP contribution < -0.4 is 5.32 Å². The number of amides is 2. The highest BCUT2D eigenvalue weighted by atomic mass is 35.5. The van der Waals surface area contributed by atoms with Crippen molar-refractivity contribution < 1.29 is 14.3 Å². The number of anilines is 1. The SMILES string of the molecule is C=CC(=O)N1CCOCC1CC(=O)Nc1ccc(-c2nc3ccc(Cl)cc3[nH]2)cc1. The number of H-pyrrole nitrogens is 1. The van der Waals surface area contributed by atoms with Gasteiger partial charge in [0.15, 0.2) is 0 Å². The van der Waals surface area contributed by atoms with Crippen molar-refractivity contribution in [1.82, 2.24) is 14.9 Å². The molecular formula is C22H21ClN4O3. The molecule has 8 heteroatoms. The third kappa shape index (κ3) is 4.37. The van der Waals surface area contributed by atoms with Crippen molar-refractivity contribution >= 4 is 40.1 Å². The summed E-state index contributed by atoms with van der Waals surface area (Å²) >= 11 is 6.03. The number of rotatable bonds is 5. The summed E-state index contributed by atoms with van der Waals surface area (Å²) in [5.74, 6) is 0.356. The molecule has 0 radical (unpaired) electrons. The van der Waals surface area contributed by atoms with E-state index in [1.807, 2.05) is 36.4 Å². The highest BCUT2D eigenvalue weighted by molar-refractivity contribution is 6.31. The maximum absolute atomic E-state index is 12.5. The lowest BCUT2D eigenvalue weighted by molar-refractivity contribution is -0.136. The van der Waals surface area contributed by atoms with Crippen LogP contribution in [0.3, 0.4) is 0 Å². The fourth-order valence-corrected chi connectivity index (χ4v) is 3.66. The Morgan fingerprint density at radius 3 is 2.87 bits per heavy atom. The molecule has 0 spiro atoms. The van der Waals surface area contributed by atoms with E-state index in [9.17, 15) is 9.59 Å². The number of ether oxygens (including phenoxy) is 1. The number of benzene rings is 2. The number of nitrogens with one attached hydrogen (secondary N) is 2. The summed E-state index contributed by atoms with van der Waals surface area (Å²) in [6.07, 6.45) is 1.42. The monoisotopic (exact) mass is 424 g/mol. The molecule has 1 unspecified atom stereocenters. The molecule has 0 bridgehead atoms. The summed E-state index contributed by atoms with van der Waals surface area (Å²) in [7, 11) is 0. The van der Waals surface area contributed by atoms with Gasteiger partial charge in [0.1, 0.15) is 5.82 Å².